The van der Waals surface area contributed by atoms with Gasteiger partial charge in [0.2, 0.25) is 15.9 Å². The zero-order valence-electron chi connectivity index (χ0n) is 13.3. The van der Waals surface area contributed by atoms with Gasteiger partial charge in [0.1, 0.15) is 4.90 Å². The number of benzene rings is 1. The van der Waals surface area contributed by atoms with Gasteiger partial charge in [0.15, 0.2) is 0 Å². The second kappa shape index (κ2) is 6.93. The first kappa shape index (κ1) is 17.2. The largest absolute Gasteiger partial charge is 0.312 e. The highest BCUT2D eigenvalue weighted by Gasteiger charge is 2.24. The van der Waals surface area contributed by atoms with E-state index < -0.39 is 10.0 Å². The molecule has 0 atom stereocenters. The molecule has 0 radical (unpaired) electrons. The predicted octanol–water partition coefficient (Wildman–Crippen LogP) is 1.36. The van der Waals surface area contributed by atoms with Crippen LogP contribution in [0.5, 0.6) is 0 Å². The molecule has 0 fully saturated rings. The van der Waals surface area contributed by atoms with Crippen molar-refractivity contribution in [1.29, 1.82) is 0 Å². The van der Waals surface area contributed by atoms with Crippen molar-refractivity contribution < 1.29 is 13.2 Å². The lowest BCUT2D eigenvalue weighted by atomic mass is 10.3. The number of likely N-dealkylation sites (N-methyl/N-ethyl adjacent to an activating group) is 1. The van der Waals surface area contributed by atoms with Gasteiger partial charge in [-0.05, 0) is 32.9 Å². The first-order valence-electron chi connectivity index (χ1n) is 7.23. The van der Waals surface area contributed by atoms with Crippen LogP contribution in [0.4, 0.5) is 5.69 Å². The Balaban J connectivity index is 2.12. The van der Waals surface area contributed by atoms with Crippen LogP contribution in [0.15, 0.2) is 35.2 Å². The van der Waals surface area contributed by atoms with Crippen LogP contribution in [0.2, 0.25) is 0 Å². The fraction of sp³-hybridized carbons (Fsp3) is 0.333. The fourth-order valence-corrected chi connectivity index (χ4v) is 3.71. The molecule has 8 heteroatoms. The molecular weight excluding hydrogens is 316 g/mol. The Kier molecular flexibility index (Phi) is 5.17. The molecule has 0 bridgehead atoms. The Morgan fingerprint density at radius 3 is 2.43 bits per heavy atom. The Morgan fingerprint density at radius 1 is 1.26 bits per heavy atom. The molecule has 7 nitrogen and oxygen atoms in total. The first-order valence-corrected chi connectivity index (χ1v) is 8.71. The topological polar surface area (TPSA) is 95.2 Å². The van der Waals surface area contributed by atoms with E-state index in [2.05, 4.69) is 14.9 Å². The van der Waals surface area contributed by atoms with E-state index in [-0.39, 0.29) is 17.3 Å². The molecule has 23 heavy (non-hydrogen) atoms. The molecule has 1 heterocycles. The van der Waals surface area contributed by atoms with E-state index in [0.717, 1.165) is 5.69 Å². The molecule has 0 aliphatic heterocycles. The van der Waals surface area contributed by atoms with Crippen molar-refractivity contribution in [2.24, 2.45) is 0 Å². The second-order valence-corrected chi connectivity index (χ2v) is 6.77. The monoisotopic (exact) mass is 336 g/mol. The van der Waals surface area contributed by atoms with E-state index in [1.165, 1.54) is 4.90 Å². The van der Waals surface area contributed by atoms with Crippen LogP contribution in [0.3, 0.4) is 0 Å². The molecule has 2 N–H and O–H groups in total. The predicted molar refractivity (Wildman–Crippen MR) is 87.7 cm³/mol. The Morgan fingerprint density at radius 2 is 1.91 bits per heavy atom. The van der Waals surface area contributed by atoms with Gasteiger partial charge >= 0.3 is 0 Å². The smallest absolute Gasteiger partial charge is 0.244 e. The summed E-state index contributed by atoms with van der Waals surface area (Å²) in [4.78, 5) is 14.0. The van der Waals surface area contributed by atoms with Crippen molar-refractivity contribution >= 4 is 21.6 Å². The van der Waals surface area contributed by atoms with Crippen LogP contribution in [-0.2, 0) is 14.8 Å². The summed E-state index contributed by atoms with van der Waals surface area (Å²) in [5.74, 6) is -0.318. The van der Waals surface area contributed by atoms with E-state index in [1.54, 1.807) is 26.0 Å². The van der Waals surface area contributed by atoms with Gasteiger partial charge in [-0.2, -0.15) is 5.10 Å². The third-order valence-corrected chi connectivity index (χ3v) is 5.09. The van der Waals surface area contributed by atoms with Gasteiger partial charge in [0.05, 0.1) is 17.9 Å². The van der Waals surface area contributed by atoms with Crippen molar-refractivity contribution in [1.82, 2.24) is 14.9 Å². The summed E-state index contributed by atoms with van der Waals surface area (Å²) in [5.41, 5.74) is 1.55. The molecule has 0 unspecified atom stereocenters. The number of amides is 1. The molecule has 0 aliphatic rings. The van der Waals surface area contributed by atoms with Gasteiger partial charge in [-0.15, -0.1) is 0 Å². The maximum Gasteiger partial charge on any atom is 0.244 e. The average molecular weight is 336 g/mol. The van der Waals surface area contributed by atoms with E-state index in [9.17, 15) is 13.2 Å². The molecule has 0 saturated heterocycles. The summed E-state index contributed by atoms with van der Waals surface area (Å²) < 4.78 is 27.0. The summed E-state index contributed by atoms with van der Waals surface area (Å²) in [6.45, 7) is 5.20. The maximum absolute atomic E-state index is 12.3. The minimum absolute atomic E-state index is 0.0908. The Hall–Kier alpha value is -2.19. The number of nitrogens with zero attached hydrogens (tertiary/aromatic N) is 2. The third-order valence-electron chi connectivity index (χ3n) is 3.43. The lowest BCUT2D eigenvalue weighted by molar-refractivity contribution is -0.117. The maximum atomic E-state index is 12.3. The highest BCUT2D eigenvalue weighted by Crippen LogP contribution is 2.17. The number of carbonyl (C=O) groups excluding carboxylic acids is 1. The van der Waals surface area contributed by atoms with Crippen LogP contribution in [-0.4, -0.2) is 37.6 Å². The number of H-pyrrole nitrogens is 1. The highest BCUT2D eigenvalue weighted by atomic mass is 32.2. The van der Waals surface area contributed by atoms with E-state index >= 15 is 0 Å². The molecule has 0 aliphatic carbocycles. The van der Waals surface area contributed by atoms with Crippen LogP contribution < -0.4 is 9.62 Å². The number of hydrogen-bond donors (Lipinski definition) is 2. The molecule has 1 aromatic carbocycles. The molecule has 2 aromatic rings. The highest BCUT2D eigenvalue weighted by molar-refractivity contribution is 7.89. The Labute approximate surface area is 135 Å². The second-order valence-electron chi connectivity index (χ2n) is 5.06. The normalized spacial score (nSPS) is 11.4. The molecule has 1 aromatic heterocycles. The number of aryl methyl sites for hydroxylation is 2. The quantitative estimate of drug-likeness (QED) is 0.832. The van der Waals surface area contributed by atoms with Gasteiger partial charge in [0.25, 0.3) is 0 Å². The molecule has 2 rings (SSSR count). The van der Waals surface area contributed by atoms with Crippen molar-refractivity contribution in [3.8, 4) is 0 Å². The molecule has 0 spiro atoms. The Bertz CT molecular complexity index is 765. The van der Waals surface area contributed by atoms with Crippen molar-refractivity contribution in [3.63, 3.8) is 0 Å². The van der Waals surface area contributed by atoms with Gasteiger partial charge in [0, 0.05) is 12.2 Å². The minimum atomic E-state index is -3.79. The van der Waals surface area contributed by atoms with Crippen LogP contribution in [0, 0.1) is 13.8 Å². The van der Waals surface area contributed by atoms with Crippen LogP contribution in [0.25, 0.3) is 0 Å². The average Bonchev–Trinajstić information content (AvgIpc) is 2.87. The van der Waals surface area contributed by atoms with Crippen LogP contribution in [0.1, 0.15) is 18.3 Å². The summed E-state index contributed by atoms with van der Waals surface area (Å²) in [5, 5.41) is 6.49. The number of aromatic nitrogens is 2. The molecule has 0 saturated carbocycles. The zero-order valence-corrected chi connectivity index (χ0v) is 14.1. The number of aromatic amines is 1. The number of rotatable bonds is 6. The fourth-order valence-electron chi connectivity index (χ4n) is 2.37. The summed E-state index contributed by atoms with van der Waals surface area (Å²) >= 11 is 0. The molecule has 124 valence electrons. The standard InChI is InChI=1S/C15H20N4O3S/c1-4-19(13-8-6-5-7-9-13)14(20)10-16-23(21,22)15-11(2)17-18-12(15)3/h5-9,16H,4,10H2,1-3H3,(H,17,18). The zero-order chi connectivity index (χ0) is 17.0. The van der Waals surface area contributed by atoms with Gasteiger partial charge in [-0.1, -0.05) is 18.2 Å². The summed E-state index contributed by atoms with van der Waals surface area (Å²) in [6.07, 6.45) is 0. The first-order chi connectivity index (χ1) is 10.9. The van der Waals surface area contributed by atoms with Gasteiger partial charge in [-0.3, -0.25) is 9.89 Å². The van der Waals surface area contributed by atoms with Crippen molar-refractivity contribution in [2.45, 2.75) is 25.7 Å². The van der Waals surface area contributed by atoms with Crippen LogP contribution >= 0.6 is 0 Å². The van der Waals surface area contributed by atoms with Gasteiger partial charge < -0.3 is 4.90 Å². The van der Waals surface area contributed by atoms with E-state index in [0.29, 0.717) is 17.9 Å². The SMILES string of the molecule is CCN(C(=O)CNS(=O)(=O)c1c(C)n[nH]c1C)c1ccccc1. The molecular formula is C15H20N4O3S. The van der Waals surface area contributed by atoms with Gasteiger partial charge in [-0.25, -0.2) is 13.1 Å². The third kappa shape index (κ3) is 3.77. The number of nitrogens with one attached hydrogen (secondary N) is 2. The number of sulfonamides is 1. The van der Waals surface area contributed by atoms with Crippen molar-refractivity contribution in [3.05, 3.63) is 41.7 Å². The summed E-state index contributed by atoms with van der Waals surface area (Å²) in [7, 11) is -3.79. The number of hydrogen-bond acceptors (Lipinski definition) is 4. The van der Waals surface area contributed by atoms with E-state index in [4.69, 9.17) is 0 Å². The molecule has 1 amide bonds. The lowest BCUT2D eigenvalue weighted by Crippen LogP contribution is -2.40. The summed E-state index contributed by atoms with van der Waals surface area (Å²) in [6, 6.07) is 9.12. The number of carbonyl (C=O) groups is 1. The lowest BCUT2D eigenvalue weighted by Gasteiger charge is -2.21. The minimum Gasteiger partial charge on any atom is -0.312 e. The van der Waals surface area contributed by atoms with Crippen molar-refractivity contribution in [2.75, 3.05) is 18.0 Å². The number of anilines is 1. The number of para-hydroxylation sites is 1. The van der Waals surface area contributed by atoms with E-state index in [1.807, 2.05) is 25.1 Å².